The summed E-state index contributed by atoms with van der Waals surface area (Å²) < 4.78 is 6.53. The summed E-state index contributed by atoms with van der Waals surface area (Å²) in [5.41, 5.74) is 2.66. The molecule has 0 aliphatic heterocycles. The van der Waals surface area contributed by atoms with E-state index in [0.29, 0.717) is 0 Å². The van der Waals surface area contributed by atoms with Crippen molar-refractivity contribution in [1.82, 2.24) is 5.32 Å². The molecule has 0 radical (unpaired) electrons. The lowest BCUT2D eigenvalue weighted by Crippen LogP contribution is -2.22. The zero-order chi connectivity index (χ0) is 14.4. The Labute approximate surface area is 129 Å². The average molecular weight is 336 g/mol. The predicted molar refractivity (Wildman–Crippen MR) is 87.0 cm³/mol. The van der Waals surface area contributed by atoms with E-state index >= 15 is 0 Å². The number of nitrogens with one attached hydrogen (secondary N) is 1. The number of hydrogen-bond donors (Lipinski definition) is 1. The monoisotopic (exact) mass is 335 g/mol. The zero-order valence-corrected chi connectivity index (χ0v) is 13.7. The van der Waals surface area contributed by atoms with Crippen LogP contribution in [0.25, 0.3) is 0 Å². The largest absolute Gasteiger partial charge is 0.452 e. The van der Waals surface area contributed by atoms with Crippen molar-refractivity contribution in [3.8, 4) is 0 Å². The van der Waals surface area contributed by atoms with Gasteiger partial charge in [-0.05, 0) is 58.6 Å². The molecule has 0 saturated carbocycles. The van der Waals surface area contributed by atoms with Crippen molar-refractivity contribution >= 4 is 15.9 Å². The molecule has 2 aromatic rings. The Morgan fingerprint density at radius 1 is 1.15 bits per heavy atom. The minimum absolute atomic E-state index is 0.123. The third-order valence-corrected chi connectivity index (χ3v) is 3.73. The molecule has 3 heteroatoms. The molecule has 0 amide bonds. The fourth-order valence-electron chi connectivity index (χ4n) is 2.37. The van der Waals surface area contributed by atoms with E-state index in [2.05, 4.69) is 59.4 Å². The van der Waals surface area contributed by atoms with Crippen LogP contribution >= 0.6 is 15.9 Å². The molecule has 20 heavy (non-hydrogen) atoms. The molecule has 1 atom stereocenters. The molecule has 0 bridgehead atoms. The number of rotatable bonds is 7. The molecular formula is C17H22BrNO. The molecule has 1 N–H and O–H groups in total. The molecule has 108 valence electrons. The molecule has 1 aromatic heterocycles. The third kappa shape index (κ3) is 3.97. The lowest BCUT2D eigenvalue weighted by atomic mass is 10.00. The molecule has 0 saturated heterocycles. The predicted octanol–water partition coefficient (Wildman–Crippen LogP) is 5.08. The summed E-state index contributed by atoms with van der Waals surface area (Å²) in [5.74, 6) is 0.957. The van der Waals surface area contributed by atoms with Gasteiger partial charge >= 0.3 is 0 Å². The van der Waals surface area contributed by atoms with Crippen molar-refractivity contribution in [2.45, 2.75) is 39.2 Å². The van der Waals surface area contributed by atoms with E-state index in [4.69, 9.17) is 4.42 Å². The van der Waals surface area contributed by atoms with E-state index in [9.17, 15) is 0 Å². The Hall–Kier alpha value is -1.06. The van der Waals surface area contributed by atoms with Gasteiger partial charge in [-0.25, -0.2) is 0 Å². The van der Waals surface area contributed by atoms with Crippen LogP contribution in [-0.2, 0) is 6.42 Å². The van der Waals surface area contributed by atoms with Gasteiger partial charge < -0.3 is 9.73 Å². The van der Waals surface area contributed by atoms with Crippen molar-refractivity contribution in [1.29, 1.82) is 0 Å². The van der Waals surface area contributed by atoms with E-state index in [-0.39, 0.29) is 6.04 Å². The fraction of sp³-hybridized carbons (Fsp3) is 0.412. The summed E-state index contributed by atoms with van der Waals surface area (Å²) in [6, 6.07) is 12.9. The second-order valence-electron chi connectivity index (χ2n) is 5.02. The van der Waals surface area contributed by atoms with Crippen LogP contribution in [0.15, 0.2) is 45.5 Å². The maximum atomic E-state index is 5.75. The first-order chi connectivity index (χ1) is 9.74. The number of halogens is 1. The molecule has 0 aliphatic rings. The Bertz CT molecular complexity index is 535. The minimum atomic E-state index is 0.123. The zero-order valence-electron chi connectivity index (χ0n) is 12.2. The Kier molecular flexibility index (Phi) is 5.86. The molecule has 2 rings (SSSR count). The van der Waals surface area contributed by atoms with E-state index in [1.54, 1.807) is 0 Å². The first-order valence-electron chi connectivity index (χ1n) is 7.32. The van der Waals surface area contributed by atoms with Crippen LogP contribution in [0.3, 0.4) is 0 Å². The summed E-state index contributed by atoms with van der Waals surface area (Å²) >= 11 is 3.39. The SMILES string of the molecule is CCCNC(c1cccc(CCC)c1)c1ccc(Br)o1. The first kappa shape index (κ1) is 15.3. The Balaban J connectivity index is 2.28. The second kappa shape index (κ2) is 7.65. The van der Waals surface area contributed by atoms with Crippen molar-refractivity contribution < 1.29 is 4.42 Å². The van der Waals surface area contributed by atoms with Gasteiger partial charge in [-0.2, -0.15) is 0 Å². The number of hydrogen-bond acceptors (Lipinski definition) is 2. The molecular weight excluding hydrogens is 314 g/mol. The van der Waals surface area contributed by atoms with Gasteiger partial charge in [-0.3, -0.25) is 0 Å². The molecule has 2 nitrogen and oxygen atoms in total. The van der Waals surface area contributed by atoms with Gasteiger partial charge in [-0.1, -0.05) is 44.5 Å². The molecule has 0 aliphatic carbocycles. The molecule has 1 unspecified atom stereocenters. The highest BCUT2D eigenvalue weighted by Gasteiger charge is 2.17. The van der Waals surface area contributed by atoms with E-state index in [1.807, 2.05) is 12.1 Å². The highest BCUT2D eigenvalue weighted by Crippen LogP contribution is 2.27. The minimum Gasteiger partial charge on any atom is -0.452 e. The van der Waals surface area contributed by atoms with Gasteiger partial charge in [-0.15, -0.1) is 0 Å². The van der Waals surface area contributed by atoms with Crippen LogP contribution in [0.5, 0.6) is 0 Å². The highest BCUT2D eigenvalue weighted by atomic mass is 79.9. The maximum absolute atomic E-state index is 5.75. The van der Waals surface area contributed by atoms with Crippen molar-refractivity contribution in [2.75, 3.05) is 6.54 Å². The van der Waals surface area contributed by atoms with Gasteiger partial charge in [0, 0.05) is 0 Å². The van der Waals surface area contributed by atoms with Gasteiger partial charge in [0.1, 0.15) is 5.76 Å². The Morgan fingerprint density at radius 2 is 2.00 bits per heavy atom. The quantitative estimate of drug-likeness (QED) is 0.762. The lowest BCUT2D eigenvalue weighted by molar-refractivity contribution is 0.433. The van der Waals surface area contributed by atoms with E-state index in [1.165, 1.54) is 17.5 Å². The third-order valence-electron chi connectivity index (χ3n) is 3.30. The van der Waals surface area contributed by atoms with Gasteiger partial charge in [0.05, 0.1) is 6.04 Å². The average Bonchev–Trinajstić information content (AvgIpc) is 2.87. The van der Waals surface area contributed by atoms with E-state index in [0.717, 1.165) is 29.8 Å². The number of benzene rings is 1. The molecule has 0 fully saturated rings. The molecule has 0 spiro atoms. The second-order valence-corrected chi connectivity index (χ2v) is 5.81. The number of furan rings is 1. The summed E-state index contributed by atoms with van der Waals surface area (Å²) in [6.45, 7) is 5.36. The fourth-order valence-corrected chi connectivity index (χ4v) is 2.69. The molecule has 1 aromatic carbocycles. The van der Waals surface area contributed by atoms with Crippen LogP contribution < -0.4 is 5.32 Å². The summed E-state index contributed by atoms with van der Waals surface area (Å²) in [5, 5.41) is 3.57. The first-order valence-corrected chi connectivity index (χ1v) is 8.11. The van der Waals surface area contributed by atoms with Crippen molar-refractivity contribution in [2.24, 2.45) is 0 Å². The van der Waals surface area contributed by atoms with Crippen LogP contribution in [-0.4, -0.2) is 6.54 Å². The normalized spacial score (nSPS) is 12.6. The highest BCUT2D eigenvalue weighted by molar-refractivity contribution is 9.10. The standard InChI is InChI=1S/C17H22BrNO/c1-3-6-13-7-5-8-14(12-13)17(19-11-4-2)15-9-10-16(18)20-15/h5,7-10,12,17,19H,3-4,6,11H2,1-2H3. The van der Waals surface area contributed by atoms with Crippen LogP contribution in [0.2, 0.25) is 0 Å². The van der Waals surface area contributed by atoms with Gasteiger partial charge in [0.25, 0.3) is 0 Å². The van der Waals surface area contributed by atoms with Crippen molar-refractivity contribution in [3.63, 3.8) is 0 Å². The lowest BCUT2D eigenvalue weighted by Gasteiger charge is -2.17. The maximum Gasteiger partial charge on any atom is 0.169 e. The topological polar surface area (TPSA) is 25.2 Å². The smallest absolute Gasteiger partial charge is 0.169 e. The van der Waals surface area contributed by atoms with Crippen LogP contribution in [0, 0.1) is 0 Å². The number of aryl methyl sites for hydroxylation is 1. The molecule has 1 heterocycles. The summed E-state index contributed by atoms with van der Waals surface area (Å²) in [6.07, 6.45) is 3.39. The van der Waals surface area contributed by atoms with Gasteiger partial charge in [0.15, 0.2) is 4.67 Å². The van der Waals surface area contributed by atoms with Crippen molar-refractivity contribution in [3.05, 3.63) is 58.0 Å². The summed E-state index contributed by atoms with van der Waals surface area (Å²) in [7, 11) is 0. The van der Waals surface area contributed by atoms with Crippen LogP contribution in [0.1, 0.15) is 49.6 Å². The summed E-state index contributed by atoms with van der Waals surface area (Å²) in [4.78, 5) is 0. The van der Waals surface area contributed by atoms with E-state index < -0.39 is 0 Å². The Morgan fingerprint density at radius 3 is 2.65 bits per heavy atom. The van der Waals surface area contributed by atoms with Gasteiger partial charge in [0.2, 0.25) is 0 Å². The van der Waals surface area contributed by atoms with Crippen LogP contribution in [0.4, 0.5) is 0 Å².